The molecule has 0 unspecified atom stereocenters. The fraction of sp³-hybridized carbons (Fsp3) is 0.500. The predicted octanol–water partition coefficient (Wildman–Crippen LogP) is 2.33. The lowest BCUT2D eigenvalue weighted by Crippen LogP contribution is -2.47. The first kappa shape index (κ1) is 16.5. The summed E-state index contributed by atoms with van der Waals surface area (Å²) in [5, 5.41) is 0. The number of aryl methyl sites for hydroxylation is 1. The molecule has 1 aromatic carbocycles. The van der Waals surface area contributed by atoms with E-state index in [9.17, 15) is 9.59 Å². The highest BCUT2D eigenvalue weighted by Crippen LogP contribution is 2.33. The van der Waals surface area contributed by atoms with E-state index in [0.29, 0.717) is 0 Å². The summed E-state index contributed by atoms with van der Waals surface area (Å²) in [6.07, 6.45) is 3.63. The van der Waals surface area contributed by atoms with Crippen molar-refractivity contribution < 1.29 is 9.59 Å². The van der Waals surface area contributed by atoms with E-state index in [2.05, 4.69) is 9.88 Å². The summed E-state index contributed by atoms with van der Waals surface area (Å²) in [5.74, 6) is 0.900. The Morgan fingerprint density at radius 1 is 0.926 bits per heavy atom. The van der Waals surface area contributed by atoms with Crippen LogP contribution >= 0.6 is 0 Å². The van der Waals surface area contributed by atoms with Crippen molar-refractivity contribution in [3.05, 3.63) is 30.0 Å². The van der Waals surface area contributed by atoms with Crippen LogP contribution in [0.2, 0.25) is 0 Å². The molecule has 7 heteroatoms. The molecule has 5 rings (SSSR count). The van der Waals surface area contributed by atoms with Gasteiger partial charge in [0.2, 0.25) is 0 Å². The molecule has 1 aliphatic carbocycles. The SMILES string of the molecule is Cc1nc2ccccc2nc1N1CCC(N2CC(=O)N(C3CC3)C2=O)CC1. The number of benzene rings is 1. The van der Waals surface area contributed by atoms with Gasteiger partial charge in [0.1, 0.15) is 6.54 Å². The first-order chi connectivity index (χ1) is 13.1. The highest BCUT2D eigenvalue weighted by molar-refractivity contribution is 6.02. The first-order valence-electron chi connectivity index (χ1n) is 9.73. The third-order valence-electron chi connectivity index (χ3n) is 5.86. The van der Waals surface area contributed by atoms with E-state index in [0.717, 1.165) is 61.3 Å². The standard InChI is InChI=1S/C20H23N5O2/c1-13-19(22-17-5-3-2-4-16(17)21-13)23-10-8-14(9-11-23)24-12-18(26)25(20(24)27)15-6-7-15/h2-5,14-15H,6-12H2,1H3. The average molecular weight is 365 g/mol. The highest BCUT2D eigenvalue weighted by Gasteiger charge is 2.47. The quantitative estimate of drug-likeness (QED) is 0.781. The van der Waals surface area contributed by atoms with Crippen molar-refractivity contribution in [2.75, 3.05) is 24.5 Å². The van der Waals surface area contributed by atoms with E-state index >= 15 is 0 Å². The fourth-order valence-electron chi connectivity index (χ4n) is 4.28. The van der Waals surface area contributed by atoms with Crippen molar-refractivity contribution in [2.45, 2.75) is 44.7 Å². The second-order valence-corrected chi connectivity index (χ2v) is 7.74. The molecule has 140 valence electrons. The van der Waals surface area contributed by atoms with E-state index in [-0.39, 0.29) is 30.6 Å². The van der Waals surface area contributed by atoms with Gasteiger partial charge in [0.05, 0.1) is 16.7 Å². The summed E-state index contributed by atoms with van der Waals surface area (Å²) < 4.78 is 0. The van der Waals surface area contributed by atoms with Gasteiger partial charge in [-0.15, -0.1) is 0 Å². The predicted molar refractivity (Wildman–Crippen MR) is 101 cm³/mol. The summed E-state index contributed by atoms with van der Waals surface area (Å²) in [6.45, 7) is 3.88. The number of carbonyl (C=O) groups excluding carboxylic acids is 2. The van der Waals surface area contributed by atoms with Crippen LogP contribution in [0.4, 0.5) is 10.6 Å². The maximum atomic E-state index is 12.6. The minimum absolute atomic E-state index is 0.0267. The summed E-state index contributed by atoms with van der Waals surface area (Å²) in [5.41, 5.74) is 2.75. The van der Waals surface area contributed by atoms with Gasteiger partial charge in [0, 0.05) is 25.2 Å². The molecule has 7 nitrogen and oxygen atoms in total. The van der Waals surface area contributed by atoms with E-state index in [4.69, 9.17) is 4.98 Å². The van der Waals surface area contributed by atoms with Crippen LogP contribution in [-0.2, 0) is 4.79 Å². The molecule has 0 radical (unpaired) electrons. The molecule has 0 atom stereocenters. The number of rotatable bonds is 3. The third kappa shape index (κ3) is 2.81. The zero-order chi connectivity index (χ0) is 18.5. The molecule has 2 aromatic rings. The number of imide groups is 1. The van der Waals surface area contributed by atoms with Gasteiger partial charge in [-0.3, -0.25) is 9.69 Å². The number of fused-ring (bicyclic) bond motifs is 1. The highest BCUT2D eigenvalue weighted by atomic mass is 16.2. The Labute approximate surface area is 158 Å². The molecular weight excluding hydrogens is 342 g/mol. The molecule has 1 saturated carbocycles. The molecule has 3 fully saturated rings. The zero-order valence-corrected chi connectivity index (χ0v) is 15.5. The maximum Gasteiger partial charge on any atom is 0.327 e. The number of hydrogen-bond donors (Lipinski definition) is 0. The van der Waals surface area contributed by atoms with Gasteiger partial charge < -0.3 is 9.80 Å². The van der Waals surface area contributed by atoms with E-state index in [1.54, 1.807) is 4.90 Å². The summed E-state index contributed by atoms with van der Waals surface area (Å²) in [4.78, 5) is 39.9. The van der Waals surface area contributed by atoms with Crippen LogP contribution in [0, 0.1) is 6.92 Å². The number of para-hydroxylation sites is 2. The largest absolute Gasteiger partial charge is 0.355 e. The first-order valence-corrected chi connectivity index (χ1v) is 9.73. The number of anilines is 1. The Morgan fingerprint density at radius 3 is 2.26 bits per heavy atom. The zero-order valence-electron chi connectivity index (χ0n) is 15.5. The Hall–Kier alpha value is -2.70. The number of hydrogen-bond acceptors (Lipinski definition) is 5. The Bertz CT molecular complexity index is 918. The molecule has 0 spiro atoms. The molecular formula is C20H23N5O2. The van der Waals surface area contributed by atoms with Crippen molar-refractivity contribution in [2.24, 2.45) is 0 Å². The van der Waals surface area contributed by atoms with Crippen LogP contribution in [0.3, 0.4) is 0 Å². The van der Waals surface area contributed by atoms with E-state index < -0.39 is 0 Å². The lowest BCUT2D eigenvalue weighted by Gasteiger charge is -2.37. The van der Waals surface area contributed by atoms with Gasteiger partial charge in [-0.1, -0.05) is 12.1 Å². The van der Waals surface area contributed by atoms with Gasteiger partial charge in [-0.05, 0) is 44.7 Å². The number of amides is 3. The van der Waals surface area contributed by atoms with E-state index in [1.807, 2.05) is 31.2 Å². The van der Waals surface area contributed by atoms with Crippen LogP contribution in [0.1, 0.15) is 31.4 Å². The number of piperidine rings is 1. The molecule has 2 saturated heterocycles. The summed E-state index contributed by atoms with van der Waals surface area (Å²) in [6, 6.07) is 8.13. The van der Waals surface area contributed by atoms with Crippen molar-refractivity contribution in [3.63, 3.8) is 0 Å². The monoisotopic (exact) mass is 365 g/mol. The summed E-state index contributed by atoms with van der Waals surface area (Å²) >= 11 is 0. The van der Waals surface area contributed by atoms with Crippen molar-refractivity contribution in [1.82, 2.24) is 19.8 Å². The number of carbonyl (C=O) groups is 2. The normalized spacial score (nSPS) is 21.6. The topological polar surface area (TPSA) is 69.6 Å². The maximum absolute atomic E-state index is 12.6. The van der Waals surface area contributed by atoms with Crippen LogP contribution in [0.5, 0.6) is 0 Å². The van der Waals surface area contributed by atoms with Crippen molar-refractivity contribution >= 4 is 28.8 Å². The number of nitrogens with zero attached hydrogens (tertiary/aromatic N) is 5. The molecule has 1 aromatic heterocycles. The van der Waals surface area contributed by atoms with Crippen molar-refractivity contribution in [1.29, 1.82) is 0 Å². The Balaban J connectivity index is 1.30. The second-order valence-electron chi connectivity index (χ2n) is 7.74. The van der Waals surface area contributed by atoms with Gasteiger partial charge >= 0.3 is 6.03 Å². The average Bonchev–Trinajstić information content (AvgIpc) is 3.46. The number of aromatic nitrogens is 2. The second kappa shape index (κ2) is 6.18. The molecule has 3 heterocycles. The lowest BCUT2D eigenvalue weighted by atomic mass is 10.0. The van der Waals surface area contributed by atoms with Gasteiger partial charge in [-0.25, -0.2) is 14.8 Å². The lowest BCUT2D eigenvalue weighted by molar-refractivity contribution is -0.125. The van der Waals surface area contributed by atoms with Crippen LogP contribution < -0.4 is 4.90 Å². The fourth-order valence-corrected chi connectivity index (χ4v) is 4.28. The smallest absolute Gasteiger partial charge is 0.327 e. The molecule has 3 aliphatic rings. The van der Waals surface area contributed by atoms with E-state index in [1.165, 1.54) is 4.90 Å². The molecule has 0 N–H and O–H groups in total. The number of urea groups is 1. The molecule has 27 heavy (non-hydrogen) atoms. The minimum atomic E-state index is -0.0809. The van der Waals surface area contributed by atoms with Crippen LogP contribution in [-0.4, -0.2) is 63.4 Å². The van der Waals surface area contributed by atoms with Crippen LogP contribution in [0.15, 0.2) is 24.3 Å². The van der Waals surface area contributed by atoms with Gasteiger partial charge in [-0.2, -0.15) is 0 Å². The minimum Gasteiger partial charge on any atom is -0.355 e. The molecule has 0 bridgehead atoms. The molecule has 2 aliphatic heterocycles. The van der Waals surface area contributed by atoms with Gasteiger partial charge in [0.25, 0.3) is 5.91 Å². The Morgan fingerprint density at radius 2 is 1.59 bits per heavy atom. The third-order valence-corrected chi connectivity index (χ3v) is 5.86. The Kier molecular flexibility index (Phi) is 3.77. The van der Waals surface area contributed by atoms with Crippen molar-refractivity contribution in [3.8, 4) is 0 Å². The molecule has 3 amide bonds. The van der Waals surface area contributed by atoms with Gasteiger partial charge in [0.15, 0.2) is 5.82 Å². The van der Waals surface area contributed by atoms with Crippen LogP contribution in [0.25, 0.3) is 11.0 Å². The summed E-state index contributed by atoms with van der Waals surface area (Å²) in [7, 11) is 0.